The Hall–Kier alpha value is -1.92. The molecular formula is C20H26O6. The Morgan fingerprint density at radius 1 is 1.50 bits per heavy atom. The molecule has 0 unspecified atom stereocenters. The first kappa shape index (κ1) is 18.9. The first-order valence-corrected chi connectivity index (χ1v) is 8.97. The van der Waals surface area contributed by atoms with Gasteiger partial charge in [0.15, 0.2) is 0 Å². The number of fused-ring (bicyclic) bond motifs is 3. The molecule has 0 spiro atoms. The Morgan fingerprint density at radius 2 is 2.19 bits per heavy atom. The largest absolute Gasteiger partial charge is 0.458 e. The standard InChI is InChI=1S/C20H26O6/c1-5-12(9-21)19(23)25-14-8-20(4,24)13-7-6-10(2)15(13)17-16(14)11(3)18(22)26-17/h5-6,13-17,21,24H,3,7-9H2,1-2,4H3/b12-5-/t13-,14-,15+,16-,17-,20-/m1/s1. The van der Waals surface area contributed by atoms with E-state index in [1.165, 1.54) is 6.08 Å². The molecule has 6 heteroatoms. The molecule has 142 valence electrons. The van der Waals surface area contributed by atoms with E-state index in [0.717, 1.165) is 5.57 Å². The molecule has 1 aliphatic heterocycles. The van der Waals surface area contributed by atoms with Gasteiger partial charge in [0.2, 0.25) is 0 Å². The topological polar surface area (TPSA) is 93.1 Å². The van der Waals surface area contributed by atoms with Crippen LogP contribution in [0.2, 0.25) is 0 Å². The minimum absolute atomic E-state index is 0.114. The summed E-state index contributed by atoms with van der Waals surface area (Å²) in [6.07, 6.45) is 3.18. The SMILES string of the molecule is C=C1C(=O)O[C@@H]2[C@H]3C(C)=CC[C@H]3[C@](C)(O)C[C@@H](OC(=O)/C(=C\C)CO)[C@@H]12. The van der Waals surface area contributed by atoms with Gasteiger partial charge in [-0.05, 0) is 27.2 Å². The average Bonchev–Trinajstić information content (AvgIpc) is 3.06. The number of carbonyl (C=O) groups is 2. The van der Waals surface area contributed by atoms with Crippen LogP contribution in [-0.4, -0.2) is 46.6 Å². The van der Waals surface area contributed by atoms with Crippen LogP contribution in [0.1, 0.15) is 33.6 Å². The molecule has 2 N–H and O–H groups in total. The normalized spacial score (nSPS) is 39.7. The highest BCUT2D eigenvalue weighted by atomic mass is 16.6. The van der Waals surface area contributed by atoms with Crippen LogP contribution >= 0.6 is 0 Å². The van der Waals surface area contributed by atoms with Gasteiger partial charge < -0.3 is 19.7 Å². The summed E-state index contributed by atoms with van der Waals surface area (Å²) in [6, 6.07) is 0. The van der Waals surface area contributed by atoms with E-state index in [1.54, 1.807) is 13.8 Å². The lowest BCUT2D eigenvalue weighted by atomic mass is 9.76. The summed E-state index contributed by atoms with van der Waals surface area (Å²) in [5, 5.41) is 20.4. The van der Waals surface area contributed by atoms with Gasteiger partial charge in [0.25, 0.3) is 0 Å². The molecule has 6 nitrogen and oxygen atoms in total. The van der Waals surface area contributed by atoms with Crippen molar-refractivity contribution in [2.45, 2.75) is 51.4 Å². The quantitative estimate of drug-likeness (QED) is 0.451. The molecule has 0 aromatic rings. The zero-order chi connectivity index (χ0) is 19.2. The van der Waals surface area contributed by atoms with Crippen molar-refractivity contribution < 1.29 is 29.3 Å². The van der Waals surface area contributed by atoms with Crippen molar-refractivity contribution in [2.24, 2.45) is 17.8 Å². The highest BCUT2D eigenvalue weighted by Crippen LogP contribution is 2.52. The summed E-state index contributed by atoms with van der Waals surface area (Å²) in [6.45, 7) is 8.78. The number of aliphatic hydroxyl groups excluding tert-OH is 1. The summed E-state index contributed by atoms with van der Waals surface area (Å²) < 4.78 is 11.3. The molecule has 26 heavy (non-hydrogen) atoms. The maximum absolute atomic E-state index is 12.4. The van der Waals surface area contributed by atoms with Gasteiger partial charge in [-0.15, -0.1) is 0 Å². The van der Waals surface area contributed by atoms with Crippen LogP contribution in [0.5, 0.6) is 0 Å². The molecule has 6 atom stereocenters. The fourth-order valence-corrected chi connectivity index (χ4v) is 4.67. The van der Waals surface area contributed by atoms with Gasteiger partial charge in [-0.25, -0.2) is 9.59 Å². The molecule has 3 aliphatic rings. The van der Waals surface area contributed by atoms with Crippen LogP contribution in [0, 0.1) is 17.8 Å². The summed E-state index contributed by atoms with van der Waals surface area (Å²) in [5.41, 5.74) is 0.396. The minimum Gasteiger partial charge on any atom is -0.458 e. The van der Waals surface area contributed by atoms with Crippen molar-refractivity contribution in [1.29, 1.82) is 0 Å². The van der Waals surface area contributed by atoms with Gasteiger partial charge in [-0.3, -0.25) is 0 Å². The Labute approximate surface area is 153 Å². The number of ether oxygens (including phenoxy) is 2. The monoisotopic (exact) mass is 362 g/mol. The third-order valence-electron chi connectivity index (χ3n) is 6.12. The number of esters is 2. The molecule has 0 amide bonds. The summed E-state index contributed by atoms with van der Waals surface area (Å²) in [4.78, 5) is 24.6. The first-order valence-electron chi connectivity index (χ1n) is 8.97. The second-order valence-electron chi connectivity index (χ2n) is 7.71. The fourth-order valence-electron chi connectivity index (χ4n) is 4.67. The number of rotatable bonds is 3. The average molecular weight is 362 g/mol. The van der Waals surface area contributed by atoms with Crippen molar-refractivity contribution in [3.05, 3.63) is 35.5 Å². The molecule has 1 saturated carbocycles. The predicted octanol–water partition coefficient (Wildman–Crippen LogP) is 1.67. The van der Waals surface area contributed by atoms with Gasteiger partial charge in [-0.2, -0.15) is 0 Å². The zero-order valence-corrected chi connectivity index (χ0v) is 15.4. The van der Waals surface area contributed by atoms with E-state index >= 15 is 0 Å². The minimum atomic E-state index is -1.09. The number of hydrogen-bond acceptors (Lipinski definition) is 6. The predicted molar refractivity (Wildman–Crippen MR) is 93.8 cm³/mol. The second-order valence-corrected chi connectivity index (χ2v) is 7.71. The summed E-state index contributed by atoms with van der Waals surface area (Å²) in [5.74, 6) is -1.88. The fraction of sp³-hybridized carbons (Fsp3) is 0.600. The summed E-state index contributed by atoms with van der Waals surface area (Å²) in [7, 11) is 0. The lowest BCUT2D eigenvalue weighted by Gasteiger charge is -2.34. The maximum atomic E-state index is 12.4. The maximum Gasteiger partial charge on any atom is 0.336 e. The smallest absolute Gasteiger partial charge is 0.336 e. The third kappa shape index (κ3) is 2.91. The van der Waals surface area contributed by atoms with Gasteiger partial charge in [-0.1, -0.05) is 24.3 Å². The number of hydrogen-bond donors (Lipinski definition) is 2. The number of carbonyl (C=O) groups excluding carboxylic acids is 2. The Bertz CT molecular complexity index is 701. The third-order valence-corrected chi connectivity index (χ3v) is 6.12. The second kappa shape index (κ2) is 6.67. The molecule has 1 saturated heterocycles. The van der Waals surface area contributed by atoms with Crippen LogP contribution in [0.25, 0.3) is 0 Å². The first-order chi connectivity index (χ1) is 12.2. The molecular weight excluding hydrogens is 336 g/mol. The van der Waals surface area contributed by atoms with E-state index in [2.05, 4.69) is 12.7 Å². The van der Waals surface area contributed by atoms with Crippen molar-refractivity contribution in [1.82, 2.24) is 0 Å². The Balaban J connectivity index is 1.99. The molecule has 0 aromatic carbocycles. The van der Waals surface area contributed by atoms with Gasteiger partial charge in [0.05, 0.1) is 23.7 Å². The van der Waals surface area contributed by atoms with Crippen molar-refractivity contribution in [3.8, 4) is 0 Å². The van der Waals surface area contributed by atoms with E-state index in [-0.39, 0.29) is 29.4 Å². The van der Waals surface area contributed by atoms with Gasteiger partial charge >= 0.3 is 11.9 Å². The van der Waals surface area contributed by atoms with Crippen LogP contribution < -0.4 is 0 Å². The summed E-state index contributed by atoms with van der Waals surface area (Å²) >= 11 is 0. The number of allylic oxidation sites excluding steroid dienone is 2. The van der Waals surface area contributed by atoms with Crippen LogP contribution in [-0.2, 0) is 19.1 Å². The van der Waals surface area contributed by atoms with Crippen molar-refractivity contribution >= 4 is 11.9 Å². The molecule has 2 fully saturated rings. The van der Waals surface area contributed by atoms with Crippen molar-refractivity contribution in [3.63, 3.8) is 0 Å². The molecule has 3 rings (SSSR count). The van der Waals surface area contributed by atoms with Crippen molar-refractivity contribution in [2.75, 3.05) is 6.61 Å². The Kier molecular flexibility index (Phi) is 4.84. The van der Waals surface area contributed by atoms with E-state index in [1.807, 2.05) is 6.92 Å². The molecule has 2 aliphatic carbocycles. The lowest BCUT2D eigenvalue weighted by Crippen LogP contribution is -2.40. The highest BCUT2D eigenvalue weighted by Gasteiger charge is 2.58. The Morgan fingerprint density at radius 3 is 2.81 bits per heavy atom. The van der Waals surface area contributed by atoms with Crippen LogP contribution in [0.3, 0.4) is 0 Å². The van der Waals surface area contributed by atoms with Gasteiger partial charge in [0, 0.05) is 23.8 Å². The zero-order valence-electron chi connectivity index (χ0n) is 15.4. The van der Waals surface area contributed by atoms with E-state index in [4.69, 9.17) is 9.47 Å². The molecule has 0 bridgehead atoms. The van der Waals surface area contributed by atoms with E-state index in [0.29, 0.717) is 6.42 Å². The van der Waals surface area contributed by atoms with E-state index < -0.39 is 42.3 Å². The van der Waals surface area contributed by atoms with Crippen LogP contribution in [0.15, 0.2) is 35.5 Å². The van der Waals surface area contributed by atoms with E-state index in [9.17, 15) is 19.8 Å². The number of aliphatic hydroxyl groups is 2. The molecule has 0 aromatic heterocycles. The van der Waals surface area contributed by atoms with Crippen LogP contribution in [0.4, 0.5) is 0 Å². The molecule has 1 heterocycles. The highest BCUT2D eigenvalue weighted by molar-refractivity contribution is 5.92. The van der Waals surface area contributed by atoms with Gasteiger partial charge in [0.1, 0.15) is 12.2 Å². The molecule has 0 radical (unpaired) electrons. The lowest BCUT2D eigenvalue weighted by molar-refractivity contribution is -0.150.